The van der Waals surface area contributed by atoms with E-state index in [1.54, 1.807) is 6.20 Å². The highest BCUT2D eigenvalue weighted by atomic mass is 16.6. The highest BCUT2D eigenvalue weighted by Gasteiger charge is 2.39. The van der Waals surface area contributed by atoms with Gasteiger partial charge in [0.25, 0.3) is 0 Å². The minimum absolute atomic E-state index is 0.0731. The van der Waals surface area contributed by atoms with Crippen molar-refractivity contribution in [3.05, 3.63) is 142 Å². The van der Waals surface area contributed by atoms with Crippen LogP contribution in [0.5, 0.6) is 17.2 Å². The van der Waals surface area contributed by atoms with Crippen molar-refractivity contribution in [1.29, 1.82) is 0 Å². The molecule has 0 saturated heterocycles. The summed E-state index contributed by atoms with van der Waals surface area (Å²) in [6, 6.07) is 30.6. The third kappa shape index (κ3) is 9.15. The zero-order valence-electron chi connectivity index (χ0n) is 34.4. The van der Waals surface area contributed by atoms with E-state index in [-0.39, 0.29) is 24.5 Å². The average Bonchev–Trinajstić information content (AvgIpc) is 3.26. The standard InChI is InChI=1S/C50H55N3O6/c1-4-44(37-13-9-6-10-14-37)53-29-40-28-47-46(58-31-48(59-47)38-19-21-41(22-20-38)57-30-35-11-7-5-8-12-35)27-39(40)26-45(53)49(54)52-43(50(55)56)25-34-15-17-36(18-16-34)42-23-24-51-33(3)32(42)2/h6,9-10,13-24,27-28,35,43-45,48H,4-5,7-8,11-12,25-26,29-31H2,1-3H3,(H,52,54)(H,55,56). The number of carbonyl (C=O) groups is 2. The van der Waals surface area contributed by atoms with Crippen molar-refractivity contribution >= 4 is 11.9 Å². The number of carboxylic acid groups (broad SMARTS) is 1. The number of pyridine rings is 1. The molecule has 1 fully saturated rings. The van der Waals surface area contributed by atoms with E-state index >= 15 is 0 Å². The van der Waals surface area contributed by atoms with Gasteiger partial charge in [-0.1, -0.05) is 92.9 Å². The first kappa shape index (κ1) is 40.1. The number of aryl methyl sites for hydroxylation is 1. The summed E-state index contributed by atoms with van der Waals surface area (Å²) in [4.78, 5) is 33.7. The van der Waals surface area contributed by atoms with Crippen LogP contribution in [0.3, 0.4) is 0 Å². The Bertz CT molecular complexity index is 2240. The lowest BCUT2D eigenvalue weighted by Crippen LogP contribution is -2.55. The van der Waals surface area contributed by atoms with Crippen LogP contribution in [0.25, 0.3) is 11.1 Å². The van der Waals surface area contributed by atoms with Crippen LogP contribution < -0.4 is 19.5 Å². The number of amides is 1. The molecule has 9 heteroatoms. The van der Waals surface area contributed by atoms with Gasteiger partial charge in [-0.2, -0.15) is 0 Å². The molecular weight excluding hydrogens is 739 g/mol. The highest BCUT2D eigenvalue weighted by molar-refractivity contribution is 5.87. The molecule has 1 amide bonds. The lowest BCUT2D eigenvalue weighted by atomic mass is 9.89. The van der Waals surface area contributed by atoms with Crippen LogP contribution in [0.1, 0.15) is 96.7 Å². The van der Waals surface area contributed by atoms with E-state index in [1.807, 2.05) is 73.7 Å². The molecule has 5 aromatic rings. The van der Waals surface area contributed by atoms with Gasteiger partial charge < -0.3 is 24.6 Å². The summed E-state index contributed by atoms with van der Waals surface area (Å²) in [6.07, 6.45) is 9.29. The molecule has 2 aliphatic heterocycles. The quantitative estimate of drug-likeness (QED) is 0.121. The number of carboxylic acids is 1. The second-order valence-corrected chi connectivity index (χ2v) is 16.5. The molecule has 8 rings (SSSR count). The summed E-state index contributed by atoms with van der Waals surface area (Å²) in [7, 11) is 0. The Balaban J connectivity index is 0.994. The summed E-state index contributed by atoms with van der Waals surface area (Å²) in [5, 5.41) is 13.3. The molecule has 1 aliphatic carbocycles. The first-order valence-electron chi connectivity index (χ1n) is 21.3. The van der Waals surface area contributed by atoms with Gasteiger partial charge in [0.1, 0.15) is 18.4 Å². The van der Waals surface area contributed by atoms with Gasteiger partial charge >= 0.3 is 5.97 Å². The molecule has 59 heavy (non-hydrogen) atoms. The molecular formula is C50H55N3O6. The number of fused-ring (bicyclic) bond motifs is 2. The Morgan fingerprint density at radius 3 is 2.39 bits per heavy atom. The molecule has 306 valence electrons. The number of hydrogen-bond acceptors (Lipinski definition) is 7. The van der Waals surface area contributed by atoms with E-state index < -0.39 is 18.1 Å². The van der Waals surface area contributed by atoms with Crippen molar-refractivity contribution in [1.82, 2.24) is 15.2 Å². The number of aliphatic carboxylic acids is 1. The van der Waals surface area contributed by atoms with E-state index in [0.29, 0.717) is 37.0 Å². The van der Waals surface area contributed by atoms with Gasteiger partial charge in [-0.25, -0.2) is 4.79 Å². The van der Waals surface area contributed by atoms with Gasteiger partial charge in [-0.15, -0.1) is 0 Å². The predicted molar refractivity (Wildman–Crippen MR) is 229 cm³/mol. The monoisotopic (exact) mass is 793 g/mol. The zero-order valence-corrected chi connectivity index (χ0v) is 34.4. The van der Waals surface area contributed by atoms with Gasteiger partial charge in [0.05, 0.1) is 12.6 Å². The number of carbonyl (C=O) groups excluding carboxylic acids is 1. The smallest absolute Gasteiger partial charge is 0.326 e. The Labute approximate surface area is 347 Å². The number of aromatic nitrogens is 1. The fraction of sp³-hybridized carbons (Fsp3) is 0.380. The Hall–Kier alpha value is -5.67. The number of benzene rings is 4. The van der Waals surface area contributed by atoms with Crippen LogP contribution >= 0.6 is 0 Å². The predicted octanol–water partition coefficient (Wildman–Crippen LogP) is 9.53. The number of hydrogen-bond donors (Lipinski definition) is 2. The third-order valence-corrected chi connectivity index (χ3v) is 12.6. The van der Waals surface area contributed by atoms with Crippen LogP contribution in [-0.4, -0.2) is 52.2 Å². The second-order valence-electron chi connectivity index (χ2n) is 16.5. The molecule has 0 radical (unpaired) electrons. The maximum atomic E-state index is 14.4. The molecule has 4 atom stereocenters. The summed E-state index contributed by atoms with van der Waals surface area (Å²) < 4.78 is 19.1. The zero-order chi connectivity index (χ0) is 40.9. The van der Waals surface area contributed by atoms with Gasteiger partial charge in [0, 0.05) is 30.9 Å². The summed E-state index contributed by atoms with van der Waals surface area (Å²) in [5.41, 5.74) is 9.21. The fourth-order valence-electron chi connectivity index (χ4n) is 9.07. The third-order valence-electron chi connectivity index (χ3n) is 12.6. The first-order valence-corrected chi connectivity index (χ1v) is 21.3. The summed E-state index contributed by atoms with van der Waals surface area (Å²) in [6.45, 7) is 7.78. The molecule has 1 saturated carbocycles. The van der Waals surface area contributed by atoms with Crippen LogP contribution in [0.4, 0.5) is 0 Å². The maximum absolute atomic E-state index is 14.4. The molecule has 9 nitrogen and oxygen atoms in total. The van der Waals surface area contributed by atoms with Crippen LogP contribution in [0.2, 0.25) is 0 Å². The average molecular weight is 794 g/mol. The molecule has 1 aromatic heterocycles. The van der Waals surface area contributed by atoms with Crippen molar-refractivity contribution in [2.45, 2.75) is 103 Å². The van der Waals surface area contributed by atoms with E-state index in [9.17, 15) is 14.7 Å². The number of nitrogens with zero attached hydrogens (tertiary/aromatic N) is 2. The molecule has 0 spiro atoms. The lowest BCUT2D eigenvalue weighted by molar-refractivity contribution is -0.143. The Kier molecular flexibility index (Phi) is 12.3. The van der Waals surface area contributed by atoms with Gasteiger partial charge in [-0.3, -0.25) is 14.7 Å². The molecule has 0 bridgehead atoms. The summed E-state index contributed by atoms with van der Waals surface area (Å²) >= 11 is 0. The summed E-state index contributed by atoms with van der Waals surface area (Å²) in [5.74, 6) is 1.47. The molecule has 4 aromatic carbocycles. The van der Waals surface area contributed by atoms with E-state index in [2.05, 4.69) is 59.4 Å². The molecule has 3 aliphatic rings. The normalized spacial score (nSPS) is 19.0. The largest absolute Gasteiger partial charge is 0.493 e. The maximum Gasteiger partial charge on any atom is 0.326 e. The molecule has 2 N–H and O–H groups in total. The van der Waals surface area contributed by atoms with Gasteiger partial charge in [0.2, 0.25) is 5.91 Å². The van der Waals surface area contributed by atoms with Crippen LogP contribution in [-0.2, 0) is 29.0 Å². The fourth-order valence-corrected chi connectivity index (χ4v) is 9.07. The SMILES string of the molecule is CCC(c1ccccc1)N1Cc2cc3c(cc2CC1C(=O)NC(Cc1ccc(-c2ccnc(C)c2C)cc1)C(=O)O)OCC(c1ccc(OCC2CCCCC2)cc1)O3. The minimum Gasteiger partial charge on any atom is -0.493 e. The van der Waals surface area contributed by atoms with Crippen LogP contribution in [0, 0.1) is 19.8 Å². The molecule has 4 unspecified atom stereocenters. The van der Waals surface area contributed by atoms with Crippen molar-refractivity contribution in [3.63, 3.8) is 0 Å². The van der Waals surface area contributed by atoms with E-state index in [4.69, 9.17) is 14.2 Å². The number of ether oxygens (including phenoxy) is 3. The van der Waals surface area contributed by atoms with Crippen molar-refractivity contribution in [3.8, 4) is 28.4 Å². The second kappa shape index (κ2) is 18.1. The molecule has 3 heterocycles. The highest BCUT2D eigenvalue weighted by Crippen LogP contribution is 2.43. The van der Waals surface area contributed by atoms with Crippen molar-refractivity contribution in [2.24, 2.45) is 5.92 Å². The Morgan fingerprint density at radius 2 is 1.66 bits per heavy atom. The van der Waals surface area contributed by atoms with Crippen molar-refractivity contribution < 1.29 is 28.9 Å². The number of rotatable bonds is 13. The van der Waals surface area contributed by atoms with E-state index in [1.165, 1.54) is 32.1 Å². The van der Waals surface area contributed by atoms with Gasteiger partial charge in [0.15, 0.2) is 17.6 Å². The Morgan fingerprint density at radius 1 is 0.915 bits per heavy atom. The number of nitrogens with one attached hydrogen (secondary N) is 1. The van der Waals surface area contributed by atoms with Crippen LogP contribution in [0.15, 0.2) is 103 Å². The lowest BCUT2D eigenvalue weighted by Gasteiger charge is -2.42. The van der Waals surface area contributed by atoms with Crippen molar-refractivity contribution in [2.75, 3.05) is 13.2 Å². The topological polar surface area (TPSA) is 110 Å². The van der Waals surface area contributed by atoms with Gasteiger partial charge in [-0.05, 0) is 120 Å². The van der Waals surface area contributed by atoms with E-state index in [0.717, 1.165) is 69.0 Å². The first-order chi connectivity index (χ1) is 28.7. The minimum atomic E-state index is -1.10.